The summed E-state index contributed by atoms with van der Waals surface area (Å²) in [5.41, 5.74) is 0.989. The Morgan fingerprint density at radius 2 is 1.96 bits per heavy atom. The lowest BCUT2D eigenvalue weighted by Crippen LogP contribution is -2.34. The average molecular weight is 398 g/mol. The fourth-order valence-corrected chi connectivity index (χ4v) is 6.45. The number of rotatable bonds is 8. The van der Waals surface area contributed by atoms with Crippen LogP contribution < -0.4 is 0 Å². The van der Waals surface area contributed by atoms with E-state index in [4.69, 9.17) is 4.74 Å². The second kappa shape index (κ2) is 9.52. The van der Waals surface area contributed by atoms with Crippen LogP contribution in [-0.2, 0) is 27.7 Å². The van der Waals surface area contributed by atoms with Gasteiger partial charge >= 0.3 is 0 Å². The van der Waals surface area contributed by atoms with Gasteiger partial charge in [-0.3, -0.25) is 4.90 Å². The van der Waals surface area contributed by atoms with Gasteiger partial charge in [-0.05, 0) is 44.1 Å². The molecule has 6 nitrogen and oxygen atoms in total. The molecule has 0 aromatic carbocycles. The highest BCUT2D eigenvalue weighted by Crippen LogP contribution is 2.27. The highest BCUT2D eigenvalue weighted by molar-refractivity contribution is 7.91. The highest BCUT2D eigenvalue weighted by Gasteiger charge is 2.28. The lowest BCUT2D eigenvalue weighted by Gasteiger charge is -2.31. The predicted octanol–water partition coefficient (Wildman–Crippen LogP) is 3.12. The van der Waals surface area contributed by atoms with E-state index in [0.717, 1.165) is 51.0 Å². The molecule has 1 aliphatic heterocycles. The lowest BCUT2D eigenvalue weighted by molar-refractivity contribution is 0.164. The van der Waals surface area contributed by atoms with Crippen LogP contribution in [0, 0.1) is 11.8 Å². The van der Waals surface area contributed by atoms with E-state index in [1.807, 2.05) is 4.57 Å². The number of aromatic nitrogens is 2. The Morgan fingerprint density at radius 3 is 2.67 bits per heavy atom. The van der Waals surface area contributed by atoms with Crippen molar-refractivity contribution < 1.29 is 13.2 Å². The third kappa shape index (κ3) is 5.55. The van der Waals surface area contributed by atoms with Gasteiger partial charge in [0.05, 0.1) is 24.3 Å². The predicted molar refractivity (Wildman–Crippen MR) is 106 cm³/mol. The first-order valence-electron chi connectivity index (χ1n) is 10.5. The van der Waals surface area contributed by atoms with Crippen LogP contribution >= 0.6 is 0 Å². The van der Waals surface area contributed by atoms with Crippen molar-refractivity contribution in [2.24, 2.45) is 11.8 Å². The Hall–Kier alpha value is -0.920. The molecule has 0 N–H and O–H groups in total. The molecule has 0 amide bonds. The Morgan fingerprint density at radius 1 is 1.19 bits per heavy atom. The van der Waals surface area contributed by atoms with Gasteiger partial charge in [0, 0.05) is 26.7 Å². The number of hydrogen-bond acceptors (Lipinski definition) is 5. The molecule has 2 fully saturated rings. The van der Waals surface area contributed by atoms with Crippen LogP contribution in [0.15, 0.2) is 11.4 Å². The van der Waals surface area contributed by atoms with E-state index in [2.05, 4.69) is 16.8 Å². The number of methoxy groups -OCH3 is 1. The first-order valence-corrected chi connectivity index (χ1v) is 12.1. The third-order valence-electron chi connectivity index (χ3n) is 6.01. The zero-order valence-electron chi connectivity index (χ0n) is 16.9. The molecule has 0 radical (unpaired) electrons. The number of nitrogens with zero attached hydrogens (tertiary/aromatic N) is 3. The fraction of sp³-hybridized carbons (Fsp3) is 0.850. The zero-order chi connectivity index (χ0) is 19.3. The normalized spacial score (nSPS) is 23.0. The Bertz CT molecular complexity index is 695. The largest absolute Gasteiger partial charge is 0.383 e. The molecule has 3 rings (SSSR count). The maximum Gasteiger partial charge on any atom is 0.227 e. The molecule has 1 aliphatic carbocycles. The van der Waals surface area contributed by atoms with E-state index in [1.165, 1.54) is 19.3 Å². The molecule has 1 saturated heterocycles. The molecule has 27 heavy (non-hydrogen) atoms. The summed E-state index contributed by atoms with van der Waals surface area (Å²) in [5.74, 6) is 1.21. The van der Waals surface area contributed by atoms with Crippen molar-refractivity contribution in [3.8, 4) is 0 Å². The number of likely N-dealkylation sites (tertiary alicyclic amines) is 1. The quantitative estimate of drug-likeness (QED) is 0.674. The Kier molecular flexibility index (Phi) is 7.34. The molecule has 154 valence electrons. The molecule has 0 bridgehead atoms. The van der Waals surface area contributed by atoms with Crippen LogP contribution in [0.25, 0.3) is 0 Å². The van der Waals surface area contributed by atoms with Crippen molar-refractivity contribution in [2.45, 2.75) is 70.1 Å². The van der Waals surface area contributed by atoms with Crippen molar-refractivity contribution in [1.82, 2.24) is 14.5 Å². The molecule has 7 heteroatoms. The summed E-state index contributed by atoms with van der Waals surface area (Å²) >= 11 is 0. The van der Waals surface area contributed by atoms with Crippen LogP contribution in [0.2, 0.25) is 0 Å². The number of hydrogen-bond donors (Lipinski definition) is 0. The fourth-order valence-electron chi connectivity index (χ4n) is 4.59. The summed E-state index contributed by atoms with van der Waals surface area (Å²) in [5, 5.41) is 0.241. The van der Waals surface area contributed by atoms with Crippen LogP contribution in [0.1, 0.15) is 57.6 Å². The second-order valence-electron chi connectivity index (χ2n) is 8.44. The van der Waals surface area contributed by atoms with Crippen LogP contribution in [-0.4, -0.2) is 55.4 Å². The third-order valence-corrected chi connectivity index (χ3v) is 7.80. The standard InChI is InChI=1S/C20H35N3O3S/c1-17-7-6-10-22(14-17)15-19-13-21-20(23(19)11-12-26-2)27(24,25)16-18-8-4-3-5-9-18/h13,17-18H,3-12,14-16H2,1-2H3/t17-/m0/s1. The Balaban J connectivity index is 1.78. The van der Waals surface area contributed by atoms with E-state index in [-0.39, 0.29) is 16.8 Å². The summed E-state index contributed by atoms with van der Waals surface area (Å²) in [4.78, 5) is 6.81. The maximum absolute atomic E-state index is 13.1. The number of ether oxygens (including phenoxy) is 1. The van der Waals surface area contributed by atoms with Gasteiger partial charge in [-0.25, -0.2) is 13.4 Å². The molecule has 1 atom stereocenters. The molecule has 1 aromatic rings. The molecule has 0 unspecified atom stereocenters. The van der Waals surface area contributed by atoms with Crippen molar-refractivity contribution >= 4 is 9.84 Å². The molecule has 0 spiro atoms. The van der Waals surface area contributed by atoms with E-state index >= 15 is 0 Å². The number of imidazole rings is 1. The van der Waals surface area contributed by atoms with Crippen molar-refractivity contribution in [2.75, 3.05) is 32.6 Å². The van der Waals surface area contributed by atoms with E-state index in [9.17, 15) is 8.42 Å². The summed E-state index contributed by atoms with van der Waals surface area (Å²) in [6.45, 7) is 6.22. The van der Waals surface area contributed by atoms with Crippen LogP contribution in [0.4, 0.5) is 0 Å². The zero-order valence-corrected chi connectivity index (χ0v) is 17.7. The summed E-state index contributed by atoms with van der Waals surface area (Å²) < 4.78 is 33.3. The van der Waals surface area contributed by atoms with Gasteiger partial charge in [-0.2, -0.15) is 0 Å². The van der Waals surface area contributed by atoms with Gasteiger partial charge < -0.3 is 9.30 Å². The molecule has 1 saturated carbocycles. The van der Waals surface area contributed by atoms with Gasteiger partial charge in [0.15, 0.2) is 0 Å². The smallest absolute Gasteiger partial charge is 0.227 e. The van der Waals surface area contributed by atoms with E-state index in [1.54, 1.807) is 13.3 Å². The SMILES string of the molecule is COCCn1c(CN2CCC[C@H](C)C2)cnc1S(=O)(=O)CC1CCCCC1. The number of piperidine rings is 1. The molecule has 2 heterocycles. The van der Waals surface area contributed by atoms with Crippen LogP contribution in [0.5, 0.6) is 0 Å². The minimum atomic E-state index is -3.37. The average Bonchev–Trinajstić information content (AvgIpc) is 3.04. The van der Waals surface area contributed by atoms with Gasteiger partial charge in [0.2, 0.25) is 15.0 Å². The van der Waals surface area contributed by atoms with E-state index in [0.29, 0.717) is 19.1 Å². The maximum atomic E-state index is 13.1. The second-order valence-corrected chi connectivity index (χ2v) is 10.4. The van der Waals surface area contributed by atoms with E-state index < -0.39 is 9.84 Å². The topological polar surface area (TPSA) is 64.4 Å². The summed E-state index contributed by atoms with van der Waals surface area (Å²) in [6.07, 6.45) is 9.83. The van der Waals surface area contributed by atoms with Crippen molar-refractivity contribution in [1.29, 1.82) is 0 Å². The summed E-state index contributed by atoms with van der Waals surface area (Å²) in [7, 11) is -1.72. The molecule has 2 aliphatic rings. The Labute approximate surface area is 164 Å². The molecule has 1 aromatic heterocycles. The van der Waals surface area contributed by atoms with Crippen molar-refractivity contribution in [3.05, 3.63) is 11.9 Å². The lowest BCUT2D eigenvalue weighted by atomic mass is 9.91. The van der Waals surface area contributed by atoms with Gasteiger partial charge in [-0.1, -0.05) is 26.2 Å². The van der Waals surface area contributed by atoms with Crippen LogP contribution in [0.3, 0.4) is 0 Å². The minimum absolute atomic E-state index is 0.233. The highest BCUT2D eigenvalue weighted by atomic mass is 32.2. The minimum Gasteiger partial charge on any atom is -0.383 e. The van der Waals surface area contributed by atoms with Gasteiger partial charge in [-0.15, -0.1) is 0 Å². The molecular formula is C20H35N3O3S. The monoisotopic (exact) mass is 397 g/mol. The summed E-state index contributed by atoms with van der Waals surface area (Å²) in [6, 6.07) is 0. The van der Waals surface area contributed by atoms with Gasteiger partial charge in [0.25, 0.3) is 0 Å². The van der Waals surface area contributed by atoms with Crippen molar-refractivity contribution in [3.63, 3.8) is 0 Å². The first kappa shape index (κ1) is 20.8. The first-order chi connectivity index (χ1) is 13.0. The number of sulfone groups is 1. The van der Waals surface area contributed by atoms with Gasteiger partial charge in [0.1, 0.15) is 0 Å². The molecular weight excluding hydrogens is 362 g/mol.